The lowest BCUT2D eigenvalue weighted by Crippen LogP contribution is -2.44. The second-order valence-corrected chi connectivity index (χ2v) is 10.2. The first-order valence-electron chi connectivity index (χ1n) is 13.0. The summed E-state index contributed by atoms with van der Waals surface area (Å²) >= 11 is 0. The fraction of sp³-hybridized carbons (Fsp3) is 0.290. The molecule has 3 aromatic carbocycles. The molecule has 1 fully saturated rings. The van der Waals surface area contributed by atoms with Crippen LogP contribution in [0.5, 0.6) is 0 Å². The van der Waals surface area contributed by atoms with Gasteiger partial charge in [0.15, 0.2) is 0 Å². The molecule has 4 aromatic rings. The molecule has 182 valence electrons. The van der Waals surface area contributed by atoms with E-state index >= 15 is 0 Å². The van der Waals surface area contributed by atoms with Crippen LogP contribution in [-0.2, 0) is 4.79 Å². The van der Waals surface area contributed by atoms with E-state index in [4.69, 9.17) is 0 Å². The fourth-order valence-corrected chi connectivity index (χ4v) is 5.92. The summed E-state index contributed by atoms with van der Waals surface area (Å²) in [5, 5.41) is 4.28. The number of para-hydroxylation sites is 1. The Morgan fingerprint density at radius 3 is 2.47 bits per heavy atom. The van der Waals surface area contributed by atoms with Crippen molar-refractivity contribution in [1.82, 2.24) is 15.2 Å². The Bertz CT molecular complexity index is 1430. The Hall–Kier alpha value is -3.86. The van der Waals surface area contributed by atoms with E-state index in [1.165, 1.54) is 12.0 Å². The molecule has 2 aliphatic rings. The van der Waals surface area contributed by atoms with Crippen LogP contribution in [0.4, 0.5) is 0 Å². The van der Waals surface area contributed by atoms with E-state index in [1.54, 1.807) is 4.90 Å². The summed E-state index contributed by atoms with van der Waals surface area (Å²) in [6, 6.07) is 24.3. The first kappa shape index (κ1) is 22.6. The molecule has 0 bridgehead atoms. The van der Waals surface area contributed by atoms with Gasteiger partial charge in [0.1, 0.15) is 6.54 Å². The van der Waals surface area contributed by atoms with Gasteiger partial charge in [-0.25, -0.2) is 0 Å². The average Bonchev–Trinajstić information content (AvgIpc) is 3.40. The number of benzene rings is 3. The predicted molar refractivity (Wildman–Crippen MR) is 143 cm³/mol. The summed E-state index contributed by atoms with van der Waals surface area (Å²) < 4.78 is 0. The molecule has 6 rings (SSSR count). The number of amides is 2. The van der Waals surface area contributed by atoms with Gasteiger partial charge in [0.2, 0.25) is 5.91 Å². The Labute approximate surface area is 211 Å². The van der Waals surface area contributed by atoms with Crippen LogP contribution in [0.25, 0.3) is 22.2 Å². The SMILES string of the molecule is Cc1ccc(-c2[nH]c3ccccc3c2C2c3ccccc3C(=O)N2CC(=O)NC2CCCCC2)cc1. The molecule has 0 radical (unpaired) electrons. The zero-order chi connectivity index (χ0) is 24.6. The van der Waals surface area contributed by atoms with Crippen LogP contribution in [0.1, 0.15) is 65.2 Å². The topological polar surface area (TPSA) is 65.2 Å². The normalized spacial score (nSPS) is 18.0. The Kier molecular flexibility index (Phi) is 5.84. The van der Waals surface area contributed by atoms with Gasteiger partial charge in [0, 0.05) is 28.1 Å². The third-order valence-electron chi connectivity index (χ3n) is 7.70. The molecular formula is C31H31N3O2. The molecule has 0 saturated heterocycles. The van der Waals surface area contributed by atoms with Gasteiger partial charge in [0.05, 0.1) is 11.7 Å². The van der Waals surface area contributed by atoms with E-state index in [0.717, 1.165) is 59.0 Å². The maximum Gasteiger partial charge on any atom is 0.255 e. The van der Waals surface area contributed by atoms with Gasteiger partial charge in [-0.15, -0.1) is 0 Å². The van der Waals surface area contributed by atoms with Crippen LogP contribution >= 0.6 is 0 Å². The number of fused-ring (bicyclic) bond motifs is 2. The van der Waals surface area contributed by atoms with Gasteiger partial charge in [-0.1, -0.05) is 85.5 Å². The van der Waals surface area contributed by atoms with Crippen LogP contribution in [0.3, 0.4) is 0 Å². The lowest BCUT2D eigenvalue weighted by molar-refractivity contribution is -0.122. The van der Waals surface area contributed by atoms with Crippen LogP contribution in [0.15, 0.2) is 72.8 Å². The van der Waals surface area contributed by atoms with Gasteiger partial charge in [-0.2, -0.15) is 0 Å². The van der Waals surface area contributed by atoms with Crippen molar-refractivity contribution in [3.63, 3.8) is 0 Å². The summed E-state index contributed by atoms with van der Waals surface area (Å²) in [5.41, 5.74) is 6.93. The molecule has 2 amide bonds. The highest BCUT2D eigenvalue weighted by atomic mass is 16.2. The van der Waals surface area contributed by atoms with Crippen molar-refractivity contribution in [3.05, 3.63) is 95.1 Å². The number of carbonyl (C=O) groups is 2. The predicted octanol–water partition coefficient (Wildman–Crippen LogP) is 6.14. The summed E-state index contributed by atoms with van der Waals surface area (Å²) in [6.45, 7) is 2.12. The molecule has 1 aromatic heterocycles. The molecule has 1 atom stereocenters. The van der Waals surface area contributed by atoms with Crippen molar-refractivity contribution in [1.29, 1.82) is 0 Å². The van der Waals surface area contributed by atoms with Crippen LogP contribution in [0.2, 0.25) is 0 Å². The summed E-state index contributed by atoms with van der Waals surface area (Å²) in [4.78, 5) is 32.3. The Morgan fingerprint density at radius 2 is 1.67 bits per heavy atom. The van der Waals surface area contributed by atoms with Crippen LogP contribution < -0.4 is 5.32 Å². The molecule has 1 aliphatic heterocycles. The van der Waals surface area contributed by atoms with Gasteiger partial charge < -0.3 is 15.2 Å². The van der Waals surface area contributed by atoms with Crippen molar-refractivity contribution >= 4 is 22.7 Å². The lowest BCUT2D eigenvalue weighted by atomic mass is 9.93. The van der Waals surface area contributed by atoms with E-state index in [2.05, 4.69) is 53.6 Å². The van der Waals surface area contributed by atoms with E-state index < -0.39 is 0 Å². The van der Waals surface area contributed by atoms with Crippen LogP contribution in [-0.4, -0.2) is 34.3 Å². The molecule has 1 aliphatic carbocycles. The lowest BCUT2D eigenvalue weighted by Gasteiger charge is -2.28. The fourth-order valence-electron chi connectivity index (χ4n) is 5.92. The van der Waals surface area contributed by atoms with E-state index in [0.29, 0.717) is 5.56 Å². The number of aromatic amines is 1. The summed E-state index contributed by atoms with van der Waals surface area (Å²) in [6.07, 6.45) is 5.57. The number of nitrogens with zero attached hydrogens (tertiary/aromatic N) is 1. The smallest absolute Gasteiger partial charge is 0.255 e. The summed E-state index contributed by atoms with van der Waals surface area (Å²) in [5.74, 6) is -0.167. The highest BCUT2D eigenvalue weighted by Gasteiger charge is 2.41. The van der Waals surface area contributed by atoms with Crippen molar-refractivity contribution in [2.45, 2.75) is 51.1 Å². The Morgan fingerprint density at radius 1 is 0.944 bits per heavy atom. The zero-order valence-electron chi connectivity index (χ0n) is 20.6. The van der Waals surface area contributed by atoms with E-state index in [1.807, 2.05) is 36.4 Å². The number of hydrogen-bond donors (Lipinski definition) is 2. The standard InChI is InChI=1S/C31H31N3O2/c1-20-15-17-21(18-16-20)29-28(25-13-7-8-14-26(25)33-29)30-23-11-5-6-12-24(23)31(36)34(30)19-27(35)32-22-9-3-2-4-10-22/h5-8,11-18,22,30,33H,2-4,9-10,19H2,1H3,(H,32,35). The van der Waals surface area contributed by atoms with Gasteiger partial charge in [-0.05, 0) is 43.0 Å². The number of H-pyrrole nitrogens is 1. The third-order valence-corrected chi connectivity index (χ3v) is 7.70. The molecule has 36 heavy (non-hydrogen) atoms. The first-order chi connectivity index (χ1) is 17.6. The largest absolute Gasteiger partial charge is 0.354 e. The number of nitrogens with one attached hydrogen (secondary N) is 2. The molecule has 0 spiro atoms. The quantitative estimate of drug-likeness (QED) is 0.363. The molecule has 1 saturated carbocycles. The number of carbonyl (C=O) groups excluding carboxylic acids is 2. The van der Waals surface area contributed by atoms with E-state index in [9.17, 15) is 9.59 Å². The van der Waals surface area contributed by atoms with Gasteiger partial charge in [-0.3, -0.25) is 9.59 Å². The number of aromatic nitrogens is 1. The van der Waals surface area contributed by atoms with Crippen molar-refractivity contribution in [3.8, 4) is 11.3 Å². The van der Waals surface area contributed by atoms with Crippen LogP contribution in [0, 0.1) is 6.92 Å². The molecule has 2 heterocycles. The zero-order valence-corrected chi connectivity index (χ0v) is 20.6. The third kappa shape index (κ3) is 3.98. The van der Waals surface area contributed by atoms with Crippen molar-refractivity contribution in [2.24, 2.45) is 0 Å². The number of hydrogen-bond acceptors (Lipinski definition) is 2. The summed E-state index contributed by atoms with van der Waals surface area (Å²) in [7, 11) is 0. The second kappa shape index (κ2) is 9.30. The molecule has 5 heteroatoms. The molecule has 5 nitrogen and oxygen atoms in total. The Balaban J connectivity index is 1.46. The maximum atomic E-state index is 13.7. The minimum absolute atomic E-state index is 0.0432. The second-order valence-electron chi connectivity index (χ2n) is 10.2. The van der Waals surface area contributed by atoms with Crippen molar-refractivity contribution in [2.75, 3.05) is 6.54 Å². The maximum absolute atomic E-state index is 13.7. The molecular weight excluding hydrogens is 446 g/mol. The highest BCUT2D eigenvalue weighted by Crippen LogP contribution is 2.45. The van der Waals surface area contributed by atoms with Gasteiger partial charge in [0.25, 0.3) is 5.91 Å². The average molecular weight is 478 g/mol. The van der Waals surface area contributed by atoms with E-state index in [-0.39, 0.29) is 30.4 Å². The first-order valence-corrected chi connectivity index (χ1v) is 13.0. The minimum Gasteiger partial charge on any atom is -0.354 e. The monoisotopic (exact) mass is 477 g/mol. The van der Waals surface area contributed by atoms with Gasteiger partial charge >= 0.3 is 0 Å². The molecule has 1 unspecified atom stereocenters. The highest BCUT2D eigenvalue weighted by molar-refractivity contribution is 6.03. The molecule has 2 N–H and O–H groups in total. The minimum atomic E-state index is -0.349. The number of rotatable bonds is 5. The van der Waals surface area contributed by atoms with Crippen molar-refractivity contribution < 1.29 is 9.59 Å². The number of aryl methyl sites for hydroxylation is 1.